The standard InChI is InChI=1S/C25H22BrClF3N7O3/c1-12-9-13(26)10-15(21(38)33-24(2,3)4)18(12)32-22(39)19-20(14-7-5-6-8-16(14)27)40-17(31-19)11-37-35-23(34-36-37)25(28,29)30/h5-10H,11H2,1-4H3,(H,32,39)(H,33,38). The molecule has 15 heteroatoms. The average molecular weight is 641 g/mol. The maximum absolute atomic E-state index is 13.6. The molecule has 0 fully saturated rings. The van der Waals surface area contributed by atoms with Gasteiger partial charge in [-0.1, -0.05) is 39.7 Å². The Morgan fingerprint density at radius 2 is 1.82 bits per heavy atom. The normalized spacial score (nSPS) is 11.9. The number of nitrogens with zero attached hydrogens (tertiary/aromatic N) is 5. The lowest BCUT2D eigenvalue weighted by Gasteiger charge is -2.22. The predicted octanol–water partition coefficient (Wildman–Crippen LogP) is 5.90. The second kappa shape index (κ2) is 11.0. The molecule has 2 N–H and O–H groups in total. The van der Waals surface area contributed by atoms with Crippen molar-refractivity contribution in [2.45, 2.75) is 46.0 Å². The monoisotopic (exact) mass is 639 g/mol. The van der Waals surface area contributed by atoms with Crippen LogP contribution < -0.4 is 10.6 Å². The minimum atomic E-state index is -4.79. The largest absolute Gasteiger partial charge is 0.455 e. The van der Waals surface area contributed by atoms with E-state index in [1.807, 2.05) is 20.8 Å². The number of carbonyl (C=O) groups excluding carboxylic acids is 2. The molecule has 2 amide bonds. The molecule has 0 atom stereocenters. The van der Waals surface area contributed by atoms with E-state index in [-0.39, 0.29) is 33.6 Å². The summed E-state index contributed by atoms with van der Waals surface area (Å²) < 4.78 is 45.1. The summed E-state index contributed by atoms with van der Waals surface area (Å²) in [6.45, 7) is 6.73. The molecule has 210 valence electrons. The van der Waals surface area contributed by atoms with E-state index in [1.165, 1.54) is 0 Å². The molecule has 0 bridgehead atoms. The van der Waals surface area contributed by atoms with Gasteiger partial charge in [0.1, 0.15) is 6.54 Å². The van der Waals surface area contributed by atoms with Crippen molar-refractivity contribution >= 4 is 45.0 Å². The van der Waals surface area contributed by atoms with Crippen molar-refractivity contribution in [3.05, 3.63) is 74.4 Å². The first-order valence-electron chi connectivity index (χ1n) is 11.7. The Kier molecular flexibility index (Phi) is 8.04. The predicted molar refractivity (Wildman–Crippen MR) is 143 cm³/mol. The van der Waals surface area contributed by atoms with Gasteiger partial charge in [0.25, 0.3) is 17.6 Å². The molecule has 0 saturated heterocycles. The van der Waals surface area contributed by atoms with Gasteiger partial charge in [0.15, 0.2) is 11.5 Å². The van der Waals surface area contributed by atoms with Crippen LogP contribution in [0.4, 0.5) is 18.9 Å². The van der Waals surface area contributed by atoms with Crippen LogP contribution in [0.3, 0.4) is 0 Å². The fourth-order valence-corrected chi connectivity index (χ4v) is 4.42. The molecule has 2 aromatic carbocycles. The fraction of sp³-hybridized carbons (Fsp3) is 0.280. The summed E-state index contributed by atoms with van der Waals surface area (Å²) in [5.41, 5.74) is 0.560. The molecule has 0 saturated carbocycles. The number of aryl methyl sites for hydroxylation is 1. The summed E-state index contributed by atoms with van der Waals surface area (Å²) in [7, 11) is 0. The minimum absolute atomic E-state index is 0.0373. The van der Waals surface area contributed by atoms with Gasteiger partial charge in [0, 0.05) is 15.6 Å². The highest BCUT2D eigenvalue weighted by molar-refractivity contribution is 9.10. The number of rotatable bonds is 6. The number of amides is 2. The van der Waals surface area contributed by atoms with Gasteiger partial charge in [-0.3, -0.25) is 9.59 Å². The third kappa shape index (κ3) is 6.67. The number of oxazole rings is 1. The lowest BCUT2D eigenvalue weighted by atomic mass is 10.0. The highest BCUT2D eigenvalue weighted by atomic mass is 79.9. The van der Waals surface area contributed by atoms with Gasteiger partial charge in [-0.2, -0.15) is 18.0 Å². The molecular formula is C25H22BrClF3N7O3. The molecule has 2 heterocycles. The van der Waals surface area contributed by atoms with Crippen molar-refractivity contribution in [3.8, 4) is 11.3 Å². The fourth-order valence-electron chi connectivity index (χ4n) is 3.63. The number of tetrazole rings is 1. The van der Waals surface area contributed by atoms with Crippen LogP contribution in [0.1, 0.15) is 58.9 Å². The maximum atomic E-state index is 13.6. The van der Waals surface area contributed by atoms with E-state index >= 15 is 0 Å². The number of carbonyl (C=O) groups is 2. The van der Waals surface area contributed by atoms with Crippen LogP contribution in [-0.4, -0.2) is 42.5 Å². The number of hydrogen-bond donors (Lipinski definition) is 2. The first-order chi connectivity index (χ1) is 18.6. The van der Waals surface area contributed by atoms with E-state index in [0.717, 1.165) is 0 Å². The smallest absolute Gasteiger partial charge is 0.438 e. The van der Waals surface area contributed by atoms with Crippen molar-refractivity contribution in [2.75, 3.05) is 5.32 Å². The zero-order valence-corrected chi connectivity index (χ0v) is 23.9. The van der Waals surface area contributed by atoms with Crippen LogP contribution >= 0.6 is 27.5 Å². The van der Waals surface area contributed by atoms with Crippen LogP contribution in [0.15, 0.2) is 45.3 Å². The Morgan fingerprint density at radius 3 is 2.45 bits per heavy atom. The van der Waals surface area contributed by atoms with Crippen molar-refractivity contribution in [3.63, 3.8) is 0 Å². The summed E-state index contributed by atoms with van der Waals surface area (Å²) >= 11 is 9.73. The molecular weight excluding hydrogens is 619 g/mol. The van der Waals surface area contributed by atoms with E-state index in [2.05, 4.69) is 47.0 Å². The van der Waals surface area contributed by atoms with E-state index in [1.54, 1.807) is 43.3 Å². The summed E-state index contributed by atoms with van der Waals surface area (Å²) in [5, 5.41) is 15.5. The number of anilines is 1. The van der Waals surface area contributed by atoms with Gasteiger partial charge in [-0.05, 0) is 62.7 Å². The molecule has 10 nitrogen and oxygen atoms in total. The molecule has 0 radical (unpaired) electrons. The van der Waals surface area contributed by atoms with Crippen LogP contribution in [0.2, 0.25) is 5.02 Å². The third-order valence-corrected chi connectivity index (χ3v) is 6.05. The summed E-state index contributed by atoms with van der Waals surface area (Å²) in [5.74, 6) is -2.82. The number of alkyl halides is 3. The van der Waals surface area contributed by atoms with Gasteiger partial charge >= 0.3 is 6.18 Å². The Morgan fingerprint density at radius 1 is 1.12 bits per heavy atom. The van der Waals surface area contributed by atoms with Gasteiger partial charge in [-0.15, -0.1) is 10.2 Å². The van der Waals surface area contributed by atoms with Crippen LogP contribution in [0, 0.1) is 6.92 Å². The Balaban J connectivity index is 1.74. The first kappa shape index (κ1) is 29.2. The lowest BCUT2D eigenvalue weighted by Crippen LogP contribution is -2.41. The molecule has 0 spiro atoms. The van der Waals surface area contributed by atoms with Crippen molar-refractivity contribution in [2.24, 2.45) is 0 Å². The topological polar surface area (TPSA) is 128 Å². The number of halogens is 5. The summed E-state index contributed by atoms with van der Waals surface area (Å²) in [4.78, 5) is 31.5. The van der Waals surface area contributed by atoms with E-state index in [9.17, 15) is 22.8 Å². The van der Waals surface area contributed by atoms with Gasteiger partial charge in [-0.25, -0.2) is 4.98 Å². The van der Waals surface area contributed by atoms with E-state index in [4.69, 9.17) is 16.0 Å². The molecule has 0 aliphatic carbocycles. The molecule has 0 unspecified atom stereocenters. The molecule has 40 heavy (non-hydrogen) atoms. The number of hydrogen-bond acceptors (Lipinski definition) is 7. The second-order valence-corrected chi connectivity index (χ2v) is 11.0. The highest BCUT2D eigenvalue weighted by Crippen LogP contribution is 2.33. The van der Waals surface area contributed by atoms with Crippen molar-refractivity contribution in [1.82, 2.24) is 30.5 Å². The SMILES string of the molecule is Cc1cc(Br)cc(C(=O)NC(C)(C)C)c1NC(=O)c1nc(Cn2nnc(C(F)(F)F)n2)oc1-c1ccccc1Cl. The van der Waals surface area contributed by atoms with Crippen LogP contribution in [0.25, 0.3) is 11.3 Å². The van der Waals surface area contributed by atoms with Crippen molar-refractivity contribution < 1.29 is 27.2 Å². The Hall–Kier alpha value is -3.78. The zero-order valence-electron chi connectivity index (χ0n) is 21.5. The summed E-state index contributed by atoms with van der Waals surface area (Å²) in [6.07, 6.45) is -4.79. The maximum Gasteiger partial charge on any atom is 0.455 e. The third-order valence-electron chi connectivity index (χ3n) is 5.26. The number of aromatic nitrogens is 5. The number of nitrogens with one attached hydrogen (secondary N) is 2. The van der Waals surface area contributed by atoms with Crippen molar-refractivity contribution in [1.29, 1.82) is 0 Å². The molecule has 2 aromatic heterocycles. The Bertz CT molecular complexity index is 1600. The van der Waals surface area contributed by atoms with Crippen LogP contribution in [-0.2, 0) is 12.7 Å². The molecule has 4 rings (SSSR count). The van der Waals surface area contributed by atoms with E-state index < -0.39 is 35.9 Å². The zero-order chi connectivity index (χ0) is 29.4. The molecule has 0 aliphatic heterocycles. The highest BCUT2D eigenvalue weighted by Gasteiger charge is 2.37. The van der Waals surface area contributed by atoms with Gasteiger partial charge < -0.3 is 15.1 Å². The minimum Gasteiger partial charge on any atom is -0.438 e. The van der Waals surface area contributed by atoms with E-state index in [0.29, 0.717) is 20.4 Å². The first-order valence-corrected chi connectivity index (χ1v) is 12.8. The lowest BCUT2D eigenvalue weighted by molar-refractivity contribution is -0.145. The molecule has 0 aliphatic rings. The number of benzene rings is 2. The van der Waals surface area contributed by atoms with Gasteiger partial charge in [0.2, 0.25) is 5.89 Å². The van der Waals surface area contributed by atoms with Crippen LogP contribution in [0.5, 0.6) is 0 Å². The quantitative estimate of drug-likeness (QED) is 0.269. The Labute approximate surface area is 239 Å². The van der Waals surface area contributed by atoms with Gasteiger partial charge in [0.05, 0.1) is 16.3 Å². The summed E-state index contributed by atoms with van der Waals surface area (Å²) in [6, 6.07) is 9.79. The second-order valence-electron chi connectivity index (χ2n) is 9.71. The molecule has 4 aromatic rings. The average Bonchev–Trinajstić information content (AvgIpc) is 3.47.